The van der Waals surface area contributed by atoms with Crippen LogP contribution < -0.4 is 11.1 Å². The van der Waals surface area contributed by atoms with E-state index in [4.69, 9.17) is 5.73 Å². The number of piperidine rings is 1. The van der Waals surface area contributed by atoms with Gasteiger partial charge in [-0.1, -0.05) is 6.92 Å². The molecule has 0 aromatic rings. The second-order valence-corrected chi connectivity index (χ2v) is 3.67. The third-order valence-corrected chi connectivity index (χ3v) is 2.52. The molecule has 0 spiro atoms. The Bertz CT molecular complexity index is 216. The predicted molar refractivity (Wildman–Crippen MR) is 48.7 cm³/mol. The zero-order chi connectivity index (χ0) is 9.84. The summed E-state index contributed by atoms with van der Waals surface area (Å²) >= 11 is 0. The number of nitrogens with two attached hydrogens (primary N) is 1. The number of primary amides is 1. The first kappa shape index (κ1) is 10.0. The number of nitrogens with one attached hydrogen (secondary N) is 1. The smallest absolute Gasteiger partial charge is 0.223 e. The van der Waals surface area contributed by atoms with Gasteiger partial charge in [-0.15, -0.1) is 0 Å². The molecule has 1 heterocycles. The fraction of sp³-hybridized carbons (Fsp3) is 0.778. The molecule has 4 heteroatoms. The van der Waals surface area contributed by atoms with Gasteiger partial charge in [0.1, 0.15) is 0 Å². The van der Waals surface area contributed by atoms with Crippen LogP contribution in [0.25, 0.3) is 0 Å². The second kappa shape index (κ2) is 4.25. The normalized spacial score (nSPS) is 25.0. The average Bonchev–Trinajstić information content (AvgIpc) is 2.08. The molecule has 13 heavy (non-hydrogen) atoms. The van der Waals surface area contributed by atoms with Gasteiger partial charge in [0.2, 0.25) is 11.8 Å². The van der Waals surface area contributed by atoms with Crippen LogP contribution in [0.4, 0.5) is 0 Å². The summed E-state index contributed by atoms with van der Waals surface area (Å²) < 4.78 is 0. The molecule has 1 aliphatic heterocycles. The van der Waals surface area contributed by atoms with Crippen LogP contribution in [0, 0.1) is 11.8 Å². The Morgan fingerprint density at radius 1 is 1.77 bits per heavy atom. The van der Waals surface area contributed by atoms with Crippen molar-refractivity contribution >= 4 is 11.8 Å². The van der Waals surface area contributed by atoms with Gasteiger partial charge < -0.3 is 11.1 Å². The quantitative estimate of drug-likeness (QED) is 0.649. The summed E-state index contributed by atoms with van der Waals surface area (Å²) in [6, 6.07) is 0. The van der Waals surface area contributed by atoms with Gasteiger partial charge in [0.15, 0.2) is 0 Å². The zero-order valence-corrected chi connectivity index (χ0v) is 7.88. The minimum Gasteiger partial charge on any atom is -0.369 e. The van der Waals surface area contributed by atoms with E-state index in [2.05, 4.69) is 5.32 Å². The van der Waals surface area contributed by atoms with Crippen molar-refractivity contribution in [1.29, 1.82) is 0 Å². The molecule has 0 radical (unpaired) electrons. The molecular weight excluding hydrogens is 168 g/mol. The lowest BCUT2D eigenvalue weighted by atomic mass is 9.89. The predicted octanol–water partition coefficient (Wildman–Crippen LogP) is 0.0241. The summed E-state index contributed by atoms with van der Waals surface area (Å²) in [6.45, 7) is 2.53. The van der Waals surface area contributed by atoms with Crippen LogP contribution in [0.1, 0.15) is 26.2 Å². The number of hydrogen-bond donors (Lipinski definition) is 2. The molecule has 1 rings (SSSR count). The maximum Gasteiger partial charge on any atom is 0.223 e. The molecule has 74 valence electrons. The SMILES string of the molecule is CC(CC1CCCNC1=O)C(N)=O. The fourth-order valence-electron chi connectivity index (χ4n) is 1.60. The van der Waals surface area contributed by atoms with Crippen LogP contribution in [0.2, 0.25) is 0 Å². The highest BCUT2D eigenvalue weighted by molar-refractivity contribution is 5.81. The van der Waals surface area contributed by atoms with Gasteiger partial charge in [0.25, 0.3) is 0 Å². The molecule has 0 saturated carbocycles. The number of carbonyl (C=O) groups is 2. The third-order valence-electron chi connectivity index (χ3n) is 2.52. The van der Waals surface area contributed by atoms with Crippen LogP contribution in [0.15, 0.2) is 0 Å². The van der Waals surface area contributed by atoms with E-state index in [0.29, 0.717) is 6.42 Å². The molecule has 3 N–H and O–H groups in total. The van der Waals surface area contributed by atoms with E-state index >= 15 is 0 Å². The monoisotopic (exact) mass is 184 g/mol. The summed E-state index contributed by atoms with van der Waals surface area (Å²) in [6.07, 6.45) is 2.46. The van der Waals surface area contributed by atoms with Crippen LogP contribution in [-0.4, -0.2) is 18.4 Å². The zero-order valence-electron chi connectivity index (χ0n) is 7.88. The van der Waals surface area contributed by atoms with Crippen molar-refractivity contribution in [2.75, 3.05) is 6.54 Å². The van der Waals surface area contributed by atoms with Crippen molar-refractivity contribution in [3.8, 4) is 0 Å². The van der Waals surface area contributed by atoms with E-state index in [-0.39, 0.29) is 23.7 Å². The Kier molecular flexibility index (Phi) is 3.28. The van der Waals surface area contributed by atoms with Crippen molar-refractivity contribution in [3.63, 3.8) is 0 Å². The lowest BCUT2D eigenvalue weighted by Gasteiger charge is -2.23. The van der Waals surface area contributed by atoms with E-state index in [1.54, 1.807) is 6.92 Å². The van der Waals surface area contributed by atoms with Gasteiger partial charge in [-0.3, -0.25) is 9.59 Å². The average molecular weight is 184 g/mol. The van der Waals surface area contributed by atoms with Crippen LogP contribution in [0.3, 0.4) is 0 Å². The van der Waals surface area contributed by atoms with Crippen molar-refractivity contribution < 1.29 is 9.59 Å². The van der Waals surface area contributed by atoms with E-state index in [1.165, 1.54) is 0 Å². The van der Waals surface area contributed by atoms with Crippen molar-refractivity contribution in [2.45, 2.75) is 26.2 Å². The molecule has 1 aliphatic rings. The molecular formula is C9H16N2O2. The molecule has 0 bridgehead atoms. The van der Waals surface area contributed by atoms with Gasteiger partial charge >= 0.3 is 0 Å². The first-order chi connectivity index (χ1) is 6.11. The minimum atomic E-state index is -0.321. The minimum absolute atomic E-state index is 0.0174. The van der Waals surface area contributed by atoms with Gasteiger partial charge in [0.05, 0.1) is 0 Å². The van der Waals surface area contributed by atoms with E-state index in [1.807, 2.05) is 0 Å². The second-order valence-electron chi connectivity index (χ2n) is 3.67. The maximum absolute atomic E-state index is 11.3. The Morgan fingerprint density at radius 2 is 2.46 bits per heavy atom. The Labute approximate surface area is 77.9 Å². The van der Waals surface area contributed by atoms with Crippen molar-refractivity contribution in [1.82, 2.24) is 5.32 Å². The van der Waals surface area contributed by atoms with Gasteiger partial charge in [-0.05, 0) is 19.3 Å². The molecule has 0 aromatic heterocycles. The standard InChI is InChI=1S/C9H16N2O2/c1-6(8(10)12)5-7-3-2-4-11-9(7)13/h6-7H,2-5H2,1H3,(H2,10,12)(H,11,13). The summed E-state index contributed by atoms with van der Waals surface area (Å²) in [5, 5.41) is 2.79. The highest BCUT2D eigenvalue weighted by Crippen LogP contribution is 2.19. The van der Waals surface area contributed by atoms with E-state index < -0.39 is 0 Å². The summed E-state index contributed by atoms with van der Waals surface area (Å²) in [7, 11) is 0. The third kappa shape index (κ3) is 2.72. The topological polar surface area (TPSA) is 72.2 Å². The summed E-state index contributed by atoms with van der Waals surface area (Å²) in [5.41, 5.74) is 5.13. The van der Waals surface area contributed by atoms with E-state index in [9.17, 15) is 9.59 Å². The van der Waals surface area contributed by atoms with E-state index in [0.717, 1.165) is 19.4 Å². The molecule has 2 atom stereocenters. The number of amides is 2. The molecule has 1 fully saturated rings. The maximum atomic E-state index is 11.3. The molecule has 2 unspecified atom stereocenters. The van der Waals surface area contributed by atoms with Crippen LogP contribution in [-0.2, 0) is 9.59 Å². The molecule has 0 aromatic carbocycles. The first-order valence-corrected chi connectivity index (χ1v) is 4.68. The lowest BCUT2D eigenvalue weighted by molar-refractivity contribution is -0.128. The molecule has 1 saturated heterocycles. The summed E-state index contributed by atoms with van der Waals surface area (Å²) in [4.78, 5) is 22.1. The van der Waals surface area contributed by atoms with Crippen molar-refractivity contribution in [3.05, 3.63) is 0 Å². The lowest BCUT2D eigenvalue weighted by Crippen LogP contribution is -2.38. The van der Waals surface area contributed by atoms with Crippen molar-refractivity contribution in [2.24, 2.45) is 17.6 Å². The fourth-order valence-corrected chi connectivity index (χ4v) is 1.60. The summed E-state index contributed by atoms with van der Waals surface area (Å²) in [5.74, 6) is -0.470. The van der Waals surface area contributed by atoms with Gasteiger partial charge in [-0.2, -0.15) is 0 Å². The first-order valence-electron chi connectivity index (χ1n) is 4.68. The highest BCUT2D eigenvalue weighted by atomic mass is 16.2. The van der Waals surface area contributed by atoms with Gasteiger partial charge in [0, 0.05) is 18.4 Å². The van der Waals surface area contributed by atoms with Crippen LogP contribution in [0.5, 0.6) is 0 Å². The van der Waals surface area contributed by atoms with Crippen LogP contribution >= 0.6 is 0 Å². The molecule has 4 nitrogen and oxygen atoms in total. The number of hydrogen-bond acceptors (Lipinski definition) is 2. The Hall–Kier alpha value is -1.06. The number of carbonyl (C=O) groups excluding carboxylic acids is 2. The number of rotatable bonds is 3. The van der Waals surface area contributed by atoms with Gasteiger partial charge in [-0.25, -0.2) is 0 Å². The molecule has 2 amide bonds. The molecule has 0 aliphatic carbocycles. The highest BCUT2D eigenvalue weighted by Gasteiger charge is 2.25. The Morgan fingerprint density at radius 3 is 3.00 bits per heavy atom. The Balaban J connectivity index is 2.42. The largest absolute Gasteiger partial charge is 0.369 e.